The molecule has 1 saturated heterocycles. The highest BCUT2D eigenvalue weighted by Crippen LogP contribution is 2.59. The molecule has 1 N–H and O–H groups in total. The Kier molecular flexibility index (Phi) is 7.76. The van der Waals surface area contributed by atoms with E-state index in [-0.39, 0.29) is 35.3 Å². The van der Waals surface area contributed by atoms with Gasteiger partial charge < -0.3 is 10.1 Å². The van der Waals surface area contributed by atoms with Crippen LogP contribution in [0.4, 0.5) is 10.1 Å². The molecule has 2 fully saturated rings. The van der Waals surface area contributed by atoms with Gasteiger partial charge in [0.25, 0.3) is 15.9 Å². The van der Waals surface area contributed by atoms with Gasteiger partial charge in [0.1, 0.15) is 5.82 Å². The third-order valence-corrected chi connectivity index (χ3v) is 11.1. The molecule has 3 aliphatic rings. The van der Waals surface area contributed by atoms with Crippen LogP contribution in [0, 0.1) is 18.7 Å². The second-order valence-corrected chi connectivity index (χ2v) is 13.7. The lowest BCUT2D eigenvalue weighted by molar-refractivity contribution is -0.142. The van der Waals surface area contributed by atoms with Crippen molar-refractivity contribution < 1.29 is 27.1 Å². The van der Waals surface area contributed by atoms with E-state index in [1.165, 1.54) is 31.4 Å². The van der Waals surface area contributed by atoms with Gasteiger partial charge in [0, 0.05) is 17.5 Å². The van der Waals surface area contributed by atoms with Crippen molar-refractivity contribution >= 4 is 27.6 Å². The van der Waals surface area contributed by atoms with Gasteiger partial charge in [-0.25, -0.2) is 12.8 Å². The SMILES string of the molecule is COC(=O)CN1CCC2(CC1)c1cc(C(=O)NCc3ccccc3C)ccc1N(S(=O)(=O)c1ccc(F)cc1)C2C1CC1. The monoisotopic (exact) mass is 605 g/mol. The third-order valence-electron chi connectivity index (χ3n) is 9.32. The van der Waals surface area contributed by atoms with Crippen molar-refractivity contribution in [3.05, 3.63) is 94.8 Å². The number of ether oxygens (including phenoxy) is 1. The summed E-state index contributed by atoms with van der Waals surface area (Å²) in [6.45, 7) is 3.73. The van der Waals surface area contributed by atoms with Crippen LogP contribution in [0.5, 0.6) is 0 Å². The minimum Gasteiger partial charge on any atom is -0.468 e. The van der Waals surface area contributed by atoms with Gasteiger partial charge in [0.2, 0.25) is 0 Å². The summed E-state index contributed by atoms with van der Waals surface area (Å²) in [7, 11) is -2.67. The van der Waals surface area contributed by atoms with E-state index in [2.05, 4.69) is 5.32 Å². The van der Waals surface area contributed by atoms with E-state index < -0.39 is 21.3 Å². The molecule has 1 aliphatic carbocycles. The number of benzene rings is 3. The normalized spacial score (nSPS) is 19.7. The molecule has 3 aromatic carbocycles. The molecule has 2 aliphatic heterocycles. The molecule has 10 heteroatoms. The van der Waals surface area contributed by atoms with Gasteiger partial charge in [-0.05, 0) is 111 Å². The standard InChI is InChI=1S/C33H36FN3O5S/c1-22-5-3-4-6-25(22)20-35-32(39)24-9-14-29-28(19-24)33(15-17-36(18-16-33)21-30(38)42-2)31(23-7-8-23)37(29)43(40,41)27-12-10-26(34)11-13-27/h3-6,9-14,19,23,31H,7-8,15-18,20-21H2,1-2H3,(H,35,39). The molecule has 6 rings (SSSR count). The first-order chi connectivity index (χ1) is 20.6. The number of amides is 1. The first-order valence-electron chi connectivity index (χ1n) is 14.7. The zero-order valence-electron chi connectivity index (χ0n) is 24.4. The maximum absolute atomic E-state index is 14.3. The van der Waals surface area contributed by atoms with Crippen molar-refractivity contribution in [3.8, 4) is 0 Å². The number of esters is 1. The number of aryl methyl sites for hydroxylation is 1. The molecule has 1 atom stereocenters. The summed E-state index contributed by atoms with van der Waals surface area (Å²) >= 11 is 0. The van der Waals surface area contributed by atoms with E-state index >= 15 is 0 Å². The summed E-state index contributed by atoms with van der Waals surface area (Å²) in [5, 5.41) is 3.03. The number of rotatable bonds is 8. The molecule has 1 spiro atoms. The number of likely N-dealkylation sites (tertiary alicyclic amines) is 1. The highest BCUT2D eigenvalue weighted by atomic mass is 32.2. The predicted molar refractivity (Wildman–Crippen MR) is 161 cm³/mol. The number of hydrogen-bond acceptors (Lipinski definition) is 6. The van der Waals surface area contributed by atoms with Crippen molar-refractivity contribution in [2.24, 2.45) is 5.92 Å². The highest BCUT2D eigenvalue weighted by molar-refractivity contribution is 7.92. The van der Waals surface area contributed by atoms with E-state index in [9.17, 15) is 22.4 Å². The minimum absolute atomic E-state index is 0.0331. The Balaban J connectivity index is 1.39. The lowest BCUT2D eigenvalue weighted by Gasteiger charge is -2.45. The van der Waals surface area contributed by atoms with Gasteiger partial charge in [0.15, 0.2) is 0 Å². The number of anilines is 1. The van der Waals surface area contributed by atoms with Crippen molar-refractivity contribution in [3.63, 3.8) is 0 Å². The fourth-order valence-electron chi connectivity index (χ4n) is 6.86. The molecule has 0 radical (unpaired) electrons. The van der Waals surface area contributed by atoms with E-state index in [4.69, 9.17) is 4.74 Å². The van der Waals surface area contributed by atoms with E-state index in [0.717, 1.165) is 29.5 Å². The van der Waals surface area contributed by atoms with E-state index in [1.54, 1.807) is 16.4 Å². The van der Waals surface area contributed by atoms with Gasteiger partial charge in [-0.2, -0.15) is 0 Å². The van der Waals surface area contributed by atoms with Crippen molar-refractivity contribution in [1.29, 1.82) is 0 Å². The van der Waals surface area contributed by atoms with E-state index in [0.29, 0.717) is 43.7 Å². The van der Waals surface area contributed by atoms with E-state index in [1.807, 2.05) is 42.2 Å². The average Bonchev–Trinajstić information content (AvgIpc) is 3.81. The summed E-state index contributed by atoms with van der Waals surface area (Å²) in [5.74, 6) is -0.884. The number of piperidine rings is 1. The number of nitrogens with zero attached hydrogens (tertiary/aromatic N) is 2. The van der Waals surface area contributed by atoms with Crippen LogP contribution in [0.15, 0.2) is 71.6 Å². The lowest BCUT2D eigenvalue weighted by Crippen LogP contribution is -2.54. The number of carbonyl (C=O) groups excluding carboxylic acids is 2. The van der Waals surface area contributed by atoms with Crippen LogP contribution in [0.2, 0.25) is 0 Å². The Morgan fingerprint density at radius 2 is 1.72 bits per heavy atom. The molecular weight excluding hydrogens is 569 g/mol. The number of nitrogens with one attached hydrogen (secondary N) is 1. The molecule has 8 nitrogen and oxygen atoms in total. The molecule has 1 unspecified atom stereocenters. The molecule has 226 valence electrons. The Labute approximate surface area is 251 Å². The van der Waals surface area contributed by atoms with Crippen LogP contribution >= 0.6 is 0 Å². The smallest absolute Gasteiger partial charge is 0.319 e. The number of carbonyl (C=O) groups is 2. The van der Waals surface area contributed by atoms with Gasteiger partial charge >= 0.3 is 5.97 Å². The van der Waals surface area contributed by atoms with Gasteiger partial charge in [0.05, 0.1) is 30.3 Å². The maximum Gasteiger partial charge on any atom is 0.319 e. The Bertz CT molecular complexity index is 1650. The predicted octanol–water partition coefficient (Wildman–Crippen LogP) is 4.56. The van der Waals surface area contributed by atoms with Crippen LogP contribution in [-0.2, 0) is 31.5 Å². The molecule has 43 heavy (non-hydrogen) atoms. The topological polar surface area (TPSA) is 96.0 Å². The van der Waals surface area contributed by atoms with Crippen LogP contribution in [0.3, 0.4) is 0 Å². The first-order valence-corrected chi connectivity index (χ1v) is 16.1. The first kappa shape index (κ1) is 29.3. The Morgan fingerprint density at radius 3 is 2.37 bits per heavy atom. The number of halogens is 1. The van der Waals surface area contributed by atoms with Crippen LogP contribution in [-0.4, -0.2) is 58.0 Å². The summed E-state index contributed by atoms with van der Waals surface area (Å²) in [6.07, 6.45) is 3.07. The molecule has 1 saturated carbocycles. The second kappa shape index (κ2) is 11.4. The number of fused-ring (bicyclic) bond motifs is 2. The average molecular weight is 606 g/mol. The number of hydrogen-bond donors (Lipinski definition) is 1. The largest absolute Gasteiger partial charge is 0.468 e. The van der Waals surface area contributed by atoms with Crippen molar-refractivity contribution in [2.75, 3.05) is 31.0 Å². The molecule has 0 aromatic heterocycles. The fourth-order valence-corrected chi connectivity index (χ4v) is 8.66. The van der Waals surface area contributed by atoms with Gasteiger partial charge in [-0.3, -0.25) is 18.8 Å². The summed E-state index contributed by atoms with van der Waals surface area (Å²) < 4.78 is 48.8. The Hall–Kier alpha value is -3.76. The minimum atomic E-state index is -4.04. The molecular formula is C33H36FN3O5S. The lowest BCUT2D eigenvalue weighted by atomic mass is 9.68. The fraction of sp³-hybridized carbons (Fsp3) is 0.394. The van der Waals surface area contributed by atoms with Gasteiger partial charge in [-0.1, -0.05) is 24.3 Å². The quantitative estimate of drug-likeness (QED) is 0.379. The maximum atomic E-state index is 14.3. The second-order valence-electron chi connectivity index (χ2n) is 11.9. The van der Waals surface area contributed by atoms with Crippen LogP contribution < -0.4 is 9.62 Å². The molecule has 2 heterocycles. The third kappa shape index (κ3) is 5.42. The number of sulfonamides is 1. The summed E-state index contributed by atoms with van der Waals surface area (Å²) in [4.78, 5) is 27.5. The molecule has 0 bridgehead atoms. The molecule has 1 amide bonds. The summed E-state index contributed by atoms with van der Waals surface area (Å²) in [6, 6.07) is 17.8. The Morgan fingerprint density at radius 1 is 1.02 bits per heavy atom. The zero-order valence-corrected chi connectivity index (χ0v) is 25.2. The zero-order chi connectivity index (χ0) is 30.4. The van der Waals surface area contributed by atoms with Crippen LogP contribution in [0.25, 0.3) is 0 Å². The highest BCUT2D eigenvalue weighted by Gasteiger charge is 2.60. The molecule has 3 aromatic rings. The van der Waals surface area contributed by atoms with Crippen molar-refractivity contribution in [1.82, 2.24) is 10.2 Å². The van der Waals surface area contributed by atoms with Crippen LogP contribution in [0.1, 0.15) is 52.7 Å². The van der Waals surface area contributed by atoms with Crippen molar-refractivity contribution in [2.45, 2.75) is 55.5 Å². The van der Waals surface area contributed by atoms with Gasteiger partial charge in [-0.15, -0.1) is 0 Å². The number of methoxy groups -OCH3 is 1. The summed E-state index contributed by atoms with van der Waals surface area (Å²) in [5.41, 5.74) is 3.46.